The molecule has 33 heteroatoms. The maximum absolute atomic E-state index is 12.3. The Bertz CT molecular complexity index is 2580. The number of aliphatic hydroxyl groups excluding tert-OH is 4. The van der Waals surface area contributed by atoms with Crippen molar-refractivity contribution in [1.29, 1.82) is 0 Å². The number of thiazole rings is 1. The number of nitrogens with two attached hydrogens (primary N) is 3. The van der Waals surface area contributed by atoms with Gasteiger partial charge in [0.2, 0.25) is 17.8 Å². The van der Waals surface area contributed by atoms with E-state index >= 15 is 0 Å². The van der Waals surface area contributed by atoms with Crippen molar-refractivity contribution in [3.8, 4) is 0 Å². The van der Waals surface area contributed by atoms with Crippen LogP contribution >= 0.6 is 34.9 Å². The number of carboxylic acids is 2. The van der Waals surface area contributed by atoms with Crippen LogP contribution in [0.5, 0.6) is 0 Å². The Kier molecular flexibility index (Phi) is 22.9. The smallest absolute Gasteiger partial charge is 0.311 e. The van der Waals surface area contributed by atoms with Crippen LogP contribution in [0.4, 0.5) is 29.5 Å². The summed E-state index contributed by atoms with van der Waals surface area (Å²) in [6, 6.07) is 0. The fourth-order valence-corrected chi connectivity index (χ4v) is 10.6. The van der Waals surface area contributed by atoms with Gasteiger partial charge in [0.05, 0.1) is 70.6 Å². The first-order chi connectivity index (χ1) is 36.2. The van der Waals surface area contributed by atoms with Crippen LogP contribution in [0, 0.1) is 0 Å². The van der Waals surface area contributed by atoms with Crippen molar-refractivity contribution in [2.24, 2.45) is 0 Å². The number of nitrogen functional groups attached to an aromatic ring is 3. The summed E-state index contributed by atoms with van der Waals surface area (Å²) >= 11 is 4.08. The molecule has 76 heavy (non-hydrogen) atoms. The van der Waals surface area contributed by atoms with Crippen LogP contribution in [0.25, 0.3) is 10.3 Å². The zero-order valence-electron chi connectivity index (χ0n) is 41.5. The Hall–Kier alpha value is -6.30. The molecule has 0 aliphatic carbocycles. The van der Waals surface area contributed by atoms with Crippen LogP contribution in [-0.2, 0) is 52.4 Å². The van der Waals surface area contributed by atoms with Gasteiger partial charge in [-0.3, -0.25) is 33.3 Å². The van der Waals surface area contributed by atoms with Crippen molar-refractivity contribution in [3.05, 3.63) is 28.3 Å². The van der Waals surface area contributed by atoms with Gasteiger partial charge in [-0.1, -0.05) is 34.9 Å². The molecule has 4 aromatic rings. The van der Waals surface area contributed by atoms with Gasteiger partial charge in [0.1, 0.15) is 18.3 Å². The van der Waals surface area contributed by atoms with Crippen LogP contribution in [0.2, 0.25) is 0 Å². The van der Waals surface area contributed by atoms with Gasteiger partial charge in [-0.2, -0.15) is 15.0 Å². The van der Waals surface area contributed by atoms with Crippen LogP contribution < -0.4 is 31.9 Å². The number of esters is 3. The van der Waals surface area contributed by atoms with Crippen LogP contribution in [0.3, 0.4) is 0 Å². The minimum absolute atomic E-state index is 0.0276. The molecule has 418 valence electrons. The number of fused-ring (bicyclic) bond motifs is 3. The second-order valence-electron chi connectivity index (χ2n) is 16.6. The largest absolute Gasteiger partial charge is 0.481 e. The lowest BCUT2D eigenvalue weighted by Crippen LogP contribution is -2.42. The Labute approximate surface area is 445 Å². The van der Waals surface area contributed by atoms with Gasteiger partial charge in [0, 0.05) is 71.9 Å². The summed E-state index contributed by atoms with van der Waals surface area (Å²) in [4.78, 5) is 95.1. The molecule has 12 N–H and O–H groups in total. The van der Waals surface area contributed by atoms with E-state index in [0.717, 1.165) is 21.1 Å². The lowest BCUT2D eigenvalue weighted by molar-refractivity contribution is -0.152. The number of nitrogens with zero attached hydrogens (tertiary/aromatic N) is 9. The molecule has 0 saturated carbocycles. The first kappa shape index (κ1) is 60.6. The number of aromatic nitrogens is 7. The van der Waals surface area contributed by atoms with E-state index in [1.807, 2.05) is 9.80 Å². The molecule has 4 aromatic heterocycles. The van der Waals surface area contributed by atoms with Crippen LogP contribution in [0.1, 0.15) is 72.4 Å². The number of hydrogen-bond donors (Lipinski definition) is 9. The highest BCUT2D eigenvalue weighted by molar-refractivity contribution is 8.00. The molecule has 0 amide bonds. The molecule has 0 radical (unpaired) electrons. The number of thioether (sulfide) groups is 2. The topological polar surface area (TPSA) is 446 Å². The summed E-state index contributed by atoms with van der Waals surface area (Å²) in [5.74, 6) is -0.179. The zero-order valence-corrected chi connectivity index (χ0v) is 43.9. The van der Waals surface area contributed by atoms with Crippen molar-refractivity contribution in [2.75, 3.05) is 65.2 Å². The maximum atomic E-state index is 12.3. The van der Waals surface area contributed by atoms with Gasteiger partial charge < -0.3 is 86.1 Å². The molecular formula is C43H60N12O18S3. The average molecular weight is 1130 g/mol. The third-order valence-corrected chi connectivity index (χ3v) is 13.7. The third kappa shape index (κ3) is 16.6. The van der Waals surface area contributed by atoms with Gasteiger partial charge in [0.25, 0.3) is 0 Å². The molecule has 9 atom stereocenters. The van der Waals surface area contributed by atoms with Crippen molar-refractivity contribution in [2.45, 2.75) is 131 Å². The molecule has 5 aliphatic heterocycles. The number of aliphatic hydroxyl groups is 4. The molecule has 3 saturated heterocycles. The number of anilines is 5. The van der Waals surface area contributed by atoms with Gasteiger partial charge in [-0.05, 0) is 13.3 Å². The highest BCUT2D eigenvalue weighted by atomic mass is 32.2. The fourth-order valence-electron chi connectivity index (χ4n) is 7.85. The summed E-state index contributed by atoms with van der Waals surface area (Å²) in [5, 5.41) is 51.5. The number of hydrogen-bond acceptors (Lipinski definition) is 30. The molecule has 0 aromatic carbocycles. The molecule has 30 nitrogen and oxygen atoms in total. The predicted octanol–water partition coefficient (Wildman–Crippen LogP) is -0.0940. The van der Waals surface area contributed by atoms with Crippen molar-refractivity contribution in [3.63, 3.8) is 0 Å². The molecule has 0 spiro atoms. The second kappa shape index (κ2) is 28.7. The minimum Gasteiger partial charge on any atom is -0.481 e. The van der Waals surface area contributed by atoms with Crippen molar-refractivity contribution >= 4 is 105 Å². The van der Waals surface area contributed by atoms with E-state index in [2.05, 4.69) is 29.9 Å². The predicted molar refractivity (Wildman–Crippen MR) is 270 cm³/mol. The Balaban J connectivity index is 0.000000190. The quantitative estimate of drug-likeness (QED) is 0.0624. The summed E-state index contributed by atoms with van der Waals surface area (Å²) < 4.78 is 34.9. The molecule has 9 heterocycles. The average Bonchev–Trinajstić information content (AvgIpc) is 4.23. The number of carboxylic acid groups (broad SMARTS) is 2. The normalized spacial score (nSPS) is 23.8. The Morgan fingerprint density at radius 3 is 1.38 bits per heavy atom. The lowest BCUT2D eigenvalue weighted by Gasteiger charge is -2.28. The zero-order chi connectivity index (χ0) is 55.8. The van der Waals surface area contributed by atoms with E-state index in [1.54, 1.807) is 42.8 Å². The second-order valence-corrected chi connectivity index (χ2v) is 19.5. The van der Waals surface area contributed by atoms with Crippen molar-refractivity contribution < 1.29 is 83.0 Å². The van der Waals surface area contributed by atoms with E-state index in [1.165, 1.54) is 31.5 Å². The van der Waals surface area contributed by atoms with E-state index in [4.69, 9.17) is 60.9 Å². The molecular weight excluding hydrogens is 1070 g/mol. The first-order valence-corrected chi connectivity index (χ1v) is 26.0. The van der Waals surface area contributed by atoms with E-state index < -0.39 is 61.0 Å². The highest BCUT2D eigenvalue weighted by Gasteiger charge is 2.46. The van der Waals surface area contributed by atoms with Crippen LogP contribution in [0.15, 0.2) is 33.2 Å². The van der Waals surface area contributed by atoms with Gasteiger partial charge >= 0.3 is 34.7 Å². The van der Waals surface area contributed by atoms with Crippen molar-refractivity contribution in [1.82, 2.24) is 34.5 Å². The SMILES string of the molecule is CC(=O)O[C@@H]1C[C@@H](CO)O[C@H]1N1CSc2cnc(N)nc21.CC(=O)O[C@@H]1C[C@@H](CO)O[C@H]1N1CSc2cnc(N)nc21.CC(=O)O[C@@H]1C[C@@H](CO)O[C@H]1n1c(=O)sc2cnc(N)nc21.CCO.O=C(O)CCCC(=O)O. The Morgan fingerprint density at radius 2 is 1.00 bits per heavy atom. The molecule has 5 aliphatic rings. The standard InChI is InChI=1S/C12H14N4O5S.2C12H16N4O4S.C5H8O4.C2H6O/c1-5(18)20-7-2-6(4-17)21-10(7)16-9-8(22-12(16)19)3-14-11(13)15-9;2*1-6(18)19-8-2-7(4-17)20-11(8)16-5-21-9-3-14-12(13)15-10(9)16;6-4(7)2-1-3-5(8)9;1-2-3/h3,6-7,10,17H,2,4H2,1H3,(H2,13,14,15);2*3,7-8,11,17H,2,4-5H2,1H3,(H2,13,14,15);1-3H2,(H,6,7)(H,8,9);3H,2H2,1H3/t6-,7+,10+;2*7-,8+,11+;;/m000../s1. The first-order valence-electron chi connectivity index (χ1n) is 23.2. The number of ether oxygens (including phenoxy) is 6. The van der Waals surface area contributed by atoms with Crippen LogP contribution in [-0.4, -0.2) is 182 Å². The third-order valence-electron chi connectivity index (χ3n) is 10.8. The monoisotopic (exact) mass is 1130 g/mol. The van der Waals surface area contributed by atoms with Gasteiger partial charge in [-0.15, -0.1) is 0 Å². The summed E-state index contributed by atoms with van der Waals surface area (Å²) in [6.45, 7) is 5.45. The van der Waals surface area contributed by atoms with E-state index in [0.29, 0.717) is 53.0 Å². The molecule has 3 fully saturated rings. The number of rotatable bonds is 13. The van der Waals surface area contributed by atoms with E-state index in [9.17, 15) is 44.1 Å². The lowest BCUT2D eigenvalue weighted by atomic mass is 10.2. The number of aliphatic carboxylic acids is 2. The van der Waals surface area contributed by atoms with Gasteiger partial charge in [-0.25, -0.2) is 15.0 Å². The molecule has 9 rings (SSSR count). The summed E-state index contributed by atoms with van der Waals surface area (Å²) in [7, 11) is 0. The maximum Gasteiger partial charge on any atom is 0.311 e. The van der Waals surface area contributed by atoms with Gasteiger partial charge in [0.15, 0.2) is 36.0 Å². The molecule has 0 unspecified atom stereocenters. The Morgan fingerprint density at radius 1 is 0.632 bits per heavy atom. The number of carbonyl (C=O) groups excluding carboxylic acids is 3. The van der Waals surface area contributed by atoms with E-state index in [-0.39, 0.29) is 92.6 Å². The summed E-state index contributed by atoms with van der Waals surface area (Å²) in [5.41, 5.74) is 17.2. The minimum atomic E-state index is -0.948. The summed E-state index contributed by atoms with van der Waals surface area (Å²) in [6.07, 6.45) is 1.49. The number of carbonyl (C=O) groups is 5. The molecule has 0 bridgehead atoms. The fraction of sp³-hybridized carbons (Fsp3) is 0.581. The highest BCUT2D eigenvalue weighted by Crippen LogP contribution is 2.43.